The SMILES string of the molecule is CC(C)c1nn(-c2cccc(N(C)C)c2)c2nc(C(=O)O)cc(-c3ccc(N=[N+]=N)cc3)c12. The Hall–Kier alpha value is -4.36. The number of benzene rings is 2. The van der Waals surface area contributed by atoms with E-state index in [0.717, 1.165) is 33.6 Å². The number of carboxylic acids is 1. The normalized spacial score (nSPS) is 10.9. The number of hydrogen-bond donors (Lipinski definition) is 2. The Morgan fingerprint density at radius 3 is 2.48 bits per heavy atom. The number of nitrogens with zero attached hydrogens (tertiary/aromatic N) is 6. The van der Waals surface area contributed by atoms with E-state index >= 15 is 0 Å². The van der Waals surface area contributed by atoms with Crippen LogP contribution in [0.3, 0.4) is 0 Å². The summed E-state index contributed by atoms with van der Waals surface area (Å²) in [5.74, 6) is -1.03. The molecule has 9 nitrogen and oxygen atoms in total. The first-order chi connectivity index (χ1) is 15.8. The molecular formula is C24H24N7O2+. The van der Waals surface area contributed by atoms with Gasteiger partial charge in [-0.3, -0.25) is 0 Å². The molecule has 0 aliphatic carbocycles. The summed E-state index contributed by atoms with van der Waals surface area (Å²) in [5.41, 5.74) is 12.0. The second kappa shape index (κ2) is 8.64. The number of carbonyl (C=O) groups is 1. The highest BCUT2D eigenvalue weighted by molar-refractivity contribution is 6.00. The topological polar surface area (TPSA) is 122 Å². The molecule has 0 atom stereocenters. The average molecular weight is 443 g/mol. The van der Waals surface area contributed by atoms with E-state index in [2.05, 4.69) is 28.9 Å². The number of anilines is 1. The zero-order chi connectivity index (χ0) is 23.7. The van der Waals surface area contributed by atoms with Crippen molar-refractivity contribution in [1.82, 2.24) is 19.7 Å². The van der Waals surface area contributed by atoms with Crippen LogP contribution in [0.5, 0.6) is 0 Å². The summed E-state index contributed by atoms with van der Waals surface area (Å²) in [4.78, 5) is 21.5. The Kier molecular flexibility index (Phi) is 5.72. The van der Waals surface area contributed by atoms with Crippen molar-refractivity contribution in [3.8, 4) is 16.8 Å². The second-order valence-electron chi connectivity index (χ2n) is 8.17. The van der Waals surface area contributed by atoms with Crippen LogP contribution in [0.2, 0.25) is 0 Å². The summed E-state index contributed by atoms with van der Waals surface area (Å²) in [5, 5.41) is 19.2. The van der Waals surface area contributed by atoms with Gasteiger partial charge in [-0.1, -0.05) is 32.0 Å². The second-order valence-corrected chi connectivity index (χ2v) is 8.17. The molecule has 0 unspecified atom stereocenters. The van der Waals surface area contributed by atoms with Crippen molar-refractivity contribution >= 4 is 28.4 Å². The number of nitrogens with one attached hydrogen (secondary N) is 1. The molecule has 0 amide bonds. The van der Waals surface area contributed by atoms with E-state index in [1.807, 2.05) is 55.4 Å². The third-order valence-electron chi connectivity index (χ3n) is 5.37. The number of carboxylic acid groups (broad SMARTS) is 1. The maximum atomic E-state index is 12.0. The quantitative estimate of drug-likeness (QED) is 0.316. The van der Waals surface area contributed by atoms with Gasteiger partial charge in [-0.2, -0.15) is 5.10 Å². The number of fused-ring (bicyclic) bond motifs is 1. The molecule has 2 aromatic heterocycles. The molecule has 4 aromatic rings. The largest absolute Gasteiger partial charge is 0.477 e. The molecule has 166 valence electrons. The highest BCUT2D eigenvalue weighted by Crippen LogP contribution is 2.36. The zero-order valence-corrected chi connectivity index (χ0v) is 18.8. The monoisotopic (exact) mass is 442 g/mol. The Morgan fingerprint density at radius 1 is 1.15 bits per heavy atom. The van der Waals surface area contributed by atoms with Gasteiger partial charge in [-0.05, 0) is 53.4 Å². The predicted molar refractivity (Wildman–Crippen MR) is 127 cm³/mol. The van der Waals surface area contributed by atoms with Gasteiger partial charge in [0.05, 0.1) is 16.8 Å². The van der Waals surface area contributed by atoms with E-state index in [9.17, 15) is 9.90 Å². The fourth-order valence-electron chi connectivity index (χ4n) is 3.73. The minimum absolute atomic E-state index is 0.0624. The lowest BCUT2D eigenvalue weighted by Gasteiger charge is -2.14. The molecule has 0 saturated heterocycles. The van der Waals surface area contributed by atoms with Crippen LogP contribution in [0.25, 0.3) is 27.8 Å². The van der Waals surface area contributed by atoms with Crippen LogP contribution < -0.4 is 9.81 Å². The summed E-state index contributed by atoms with van der Waals surface area (Å²) in [7, 11) is 3.92. The average Bonchev–Trinajstić information content (AvgIpc) is 3.19. The number of hydrogen-bond acceptors (Lipinski definition) is 6. The van der Waals surface area contributed by atoms with Crippen LogP contribution >= 0.6 is 0 Å². The Morgan fingerprint density at radius 2 is 1.88 bits per heavy atom. The van der Waals surface area contributed by atoms with Crippen LogP contribution in [0, 0.1) is 5.53 Å². The third-order valence-corrected chi connectivity index (χ3v) is 5.37. The van der Waals surface area contributed by atoms with Crippen LogP contribution in [-0.4, -0.2) is 39.9 Å². The molecule has 9 heteroatoms. The molecule has 2 N–H and O–H groups in total. The van der Waals surface area contributed by atoms with Crippen LogP contribution in [0.4, 0.5) is 11.4 Å². The van der Waals surface area contributed by atoms with E-state index in [1.54, 1.807) is 22.9 Å². The first kappa shape index (κ1) is 21.9. The lowest BCUT2D eigenvalue weighted by molar-refractivity contribution is 0.0691. The molecule has 0 aliphatic heterocycles. The molecule has 2 heterocycles. The van der Waals surface area contributed by atoms with E-state index < -0.39 is 5.97 Å². The summed E-state index contributed by atoms with van der Waals surface area (Å²) in [6.07, 6.45) is 0. The first-order valence-corrected chi connectivity index (χ1v) is 10.4. The van der Waals surface area contributed by atoms with Gasteiger partial charge in [0.1, 0.15) is 5.53 Å². The molecule has 0 spiro atoms. The number of pyridine rings is 1. The molecule has 0 bridgehead atoms. The minimum atomic E-state index is -1.11. The summed E-state index contributed by atoms with van der Waals surface area (Å²) < 4.78 is 1.72. The Balaban J connectivity index is 2.06. The first-order valence-electron chi connectivity index (χ1n) is 10.4. The van der Waals surface area contributed by atoms with Gasteiger partial charge in [0, 0.05) is 19.8 Å². The van der Waals surface area contributed by atoms with Crippen molar-refractivity contribution in [2.75, 3.05) is 19.0 Å². The summed E-state index contributed by atoms with van der Waals surface area (Å²) in [6.45, 7) is 4.10. The van der Waals surface area contributed by atoms with Gasteiger partial charge in [0.15, 0.2) is 22.1 Å². The summed E-state index contributed by atoms with van der Waals surface area (Å²) in [6, 6.07) is 16.6. The highest BCUT2D eigenvalue weighted by atomic mass is 16.4. The van der Waals surface area contributed by atoms with Crippen molar-refractivity contribution < 1.29 is 9.90 Å². The summed E-state index contributed by atoms with van der Waals surface area (Å²) >= 11 is 0. The molecular weight excluding hydrogens is 418 g/mol. The fraction of sp³-hybridized carbons (Fsp3) is 0.208. The lowest BCUT2D eigenvalue weighted by Crippen LogP contribution is -2.09. The number of aromatic nitrogens is 3. The molecule has 0 aliphatic rings. The molecule has 2 aromatic carbocycles. The van der Waals surface area contributed by atoms with Crippen LogP contribution in [0.15, 0.2) is 59.7 Å². The van der Waals surface area contributed by atoms with Gasteiger partial charge in [0.25, 0.3) is 0 Å². The molecule has 0 fully saturated rings. The standard InChI is InChI=1S/C24H23N7O2/c1-14(2)22-21-19(15-8-10-16(11-9-15)27-29-25)13-20(24(32)33)26-23(21)31(28-22)18-7-5-6-17(12-18)30(3)4/h5-14,25H,1-4H3/p+1. The molecule has 0 saturated carbocycles. The molecule has 33 heavy (non-hydrogen) atoms. The van der Waals surface area contributed by atoms with Crippen molar-refractivity contribution in [3.63, 3.8) is 0 Å². The maximum absolute atomic E-state index is 12.0. The van der Waals surface area contributed by atoms with E-state index in [1.165, 1.54) is 0 Å². The zero-order valence-electron chi connectivity index (χ0n) is 18.8. The molecule has 4 rings (SSSR count). The lowest BCUT2D eigenvalue weighted by atomic mass is 9.97. The number of rotatable bonds is 6. The minimum Gasteiger partial charge on any atom is -0.477 e. The van der Waals surface area contributed by atoms with E-state index in [-0.39, 0.29) is 11.6 Å². The van der Waals surface area contributed by atoms with Gasteiger partial charge < -0.3 is 10.0 Å². The van der Waals surface area contributed by atoms with Crippen molar-refractivity contribution in [1.29, 1.82) is 5.53 Å². The van der Waals surface area contributed by atoms with Crippen molar-refractivity contribution in [2.24, 2.45) is 5.11 Å². The van der Waals surface area contributed by atoms with Gasteiger partial charge in [-0.25, -0.2) is 14.5 Å². The van der Waals surface area contributed by atoms with E-state index in [0.29, 0.717) is 11.3 Å². The van der Waals surface area contributed by atoms with Gasteiger partial charge in [-0.15, -0.1) is 0 Å². The van der Waals surface area contributed by atoms with Crippen molar-refractivity contribution in [2.45, 2.75) is 19.8 Å². The fourth-order valence-corrected chi connectivity index (χ4v) is 3.73. The van der Waals surface area contributed by atoms with E-state index in [4.69, 9.17) is 10.6 Å². The van der Waals surface area contributed by atoms with Crippen LogP contribution in [-0.2, 0) is 0 Å². The Labute approximate surface area is 190 Å². The van der Waals surface area contributed by atoms with Gasteiger partial charge >= 0.3 is 5.97 Å². The predicted octanol–water partition coefficient (Wildman–Crippen LogP) is 5.16. The van der Waals surface area contributed by atoms with Crippen molar-refractivity contribution in [3.05, 3.63) is 66.0 Å². The van der Waals surface area contributed by atoms with Gasteiger partial charge in [0.2, 0.25) is 4.91 Å². The highest BCUT2D eigenvalue weighted by Gasteiger charge is 2.23. The third kappa shape index (κ3) is 4.09. The maximum Gasteiger partial charge on any atom is 0.354 e. The number of aromatic carboxylic acids is 1. The van der Waals surface area contributed by atoms with Crippen LogP contribution in [0.1, 0.15) is 35.9 Å². The molecule has 0 radical (unpaired) electrons. The smallest absolute Gasteiger partial charge is 0.354 e. The Bertz CT molecular complexity index is 1400.